The number of anilines is 1. The minimum absolute atomic E-state index is 0.00764. The maximum absolute atomic E-state index is 12.2. The highest BCUT2D eigenvalue weighted by Crippen LogP contribution is 2.62. The third-order valence-corrected chi connectivity index (χ3v) is 4.87. The number of hydrogen-bond acceptors (Lipinski definition) is 5. The Morgan fingerprint density at radius 1 is 1.55 bits per heavy atom. The second-order valence-electron chi connectivity index (χ2n) is 5.38. The van der Waals surface area contributed by atoms with Gasteiger partial charge in [-0.25, -0.2) is 4.98 Å². The summed E-state index contributed by atoms with van der Waals surface area (Å²) in [6.07, 6.45) is 0.887. The van der Waals surface area contributed by atoms with Gasteiger partial charge in [0.25, 0.3) is 0 Å². The van der Waals surface area contributed by atoms with Crippen molar-refractivity contribution in [1.29, 1.82) is 0 Å². The summed E-state index contributed by atoms with van der Waals surface area (Å²) in [5.74, 6) is 1.09. The fraction of sp³-hybridized carbons (Fsp3) is 0.571. The molecular formula is C14H17BrN2O3. The van der Waals surface area contributed by atoms with Crippen LogP contribution in [0.1, 0.15) is 6.42 Å². The number of carbonyl (C=O) groups excluding carboxylic acids is 1. The number of hydrogen-bond donors (Lipinski definition) is 0. The van der Waals surface area contributed by atoms with E-state index in [1.807, 2.05) is 18.2 Å². The number of methoxy groups -OCH3 is 2. The molecule has 0 amide bonds. The zero-order chi connectivity index (χ0) is 14.3. The van der Waals surface area contributed by atoms with E-state index in [4.69, 9.17) is 9.47 Å². The van der Waals surface area contributed by atoms with E-state index in [0.29, 0.717) is 12.5 Å². The van der Waals surface area contributed by atoms with E-state index >= 15 is 0 Å². The molecule has 1 aliphatic carbocycles. The predicted molar refractivity (Wildman–Crippen MR) is 77.5 cm³/mol. The molecule has 2 heterocycles. The molecule has 0 N–H and O–H groups in total. The van der Waals surface area contributed by atoms with Crippen molar-refractivity contribution in [3.8, 4) is 0 Å². The monoisotopic (exact) mass is 340 g/mol. The van der Waals surface area contributed by atoms with Gasteiger partial charge in [0.1, 0.15) is 10.4 Å². The molecule has 1 aliphatic heterocycles. The fourth-order valence-corrected chi connectivity index (χ4v) is 3.74. The number of fused-ring (bicyclic) bond motifs is 1. The summed E-state index contributed by atoms with van der Waals surface area (Å²) in [7, 11) is 3.11. The molecule has 6 heteroatoms. The standard InChI is InChI=1S/C14H17BrN2O3/c1-19-8-10-14(13(18)20-2)6-9(14)7-17(10)12-5-3-4-11(15)16-12/h3-5,9-10H,6-8H2,1-2H3/t9?,10?,14-/m1/s1. The molecule has 2 unspecified atom stereocenters. The van der Waals surface area contributed by atoms with E-state index in [0.717, 1.165) is 23.4 Å². The van der Waals surface area contributed by atoms with E-state index < -0.39 is 5.41 Å². The van der Waals surface area contributed by atoms with Gasteiger partial charge in [0.2, 0.25) is 0 Å². The molecule has 1 saturated heterocycles. The van der Waals surface area contributed by atoms with Gasteiger partial charge in [0, 0.05) is 13.7 Å². The summed E-state index contributed by atoms with van der Waals surface area (Å²) in [6, 6.07) is 5.79. The Morgan fingerprint density at radius 3 is 3.00 bits per heavy atom. The first-order valence-electron chi connectivity index (χ1n) is 6.60. The van der Waals surface area contributed by atoms with E-state index in [-0.39, 0.29) is 12.0 Å². The Bertz CT molecular complexity index is 539. The van der Waals surface area contributed by atoms with Crippen LogP contribution in [0.5, 0.6) is 0 Å². The van der Waals surface area contributed by atoms with Crippen molar-refractivity contribution in [2.45, 2.75) is 12.5 Å². The molecule has 2 fully saturated rings. The lowest BCUT2D eigenvalue weighted by Crippen LogP contribution is -2.44. The number of pyridine rings is 1. The summed E-state index contributed by atoms with van der Waals surface area (Å²) >= 11 is 3.39. The van der Waals surface area contributed by atoms with Gasteiger partial charge in [-0.05, 0) is 40.4 Å². The third-order valence-electron chi connectivity index (χ3n) is 4.43. The van der Waals surface area contributed by atoms with Crippen LogP contribution in [0.25, 0.3) is 0 Å². The SMILES string of the molecule is COCC1N(c2cccc(Br)n2)CC2C[C@@]21C(=O)OC. The van der Waals surface area contributed by atoms with Crippen LogP contribution in [0.15, 0.2) is 22.8 Å². The fourth-order valence-electron chi connectivity index (χ4n) is 3.41. The molecule has 0 aromatic carbocycles. The normalized spacial score (nSPS) is 31.1. The van der Waals surface area contributed by atoms with Crippen LogP contribution in [-0.2, 0) is 14.3 Å². The minimum atomic E-state index is -0.408. The highest BCUT2D eigenvalue weighted by atomic mass is 79.9. The van der Waals surface area contributed by atoms with Gasteiger partial charge >= 0.3 is 5.97 Å². The summed E-state index contributed by atoms with van der Waals surface area (Å²) in [5, 5.41) is 0. The summed E-state index contributed by atoms with van der Waals surface area (Å²) in [4.78, 5) is 18.8. The zero-order valence-corrected chi connectivity index (χ0v) is 13.1. The van der Waals surface area contributed by atoms with Crippen LogP contribution < -0.4 is 4.90 Å². The number of esters is 1. The average Bonchev–Trinajstić information content (AvgIpc) is 3.09. The molecule has 0 spiro atoms. The van der Waals surface area contributed by atoms with Gasteiger partial charge in [-0.1, -0.05) is 6.07 Å². The molecule has 0 radical (unpaired) electrons. The number of ether oxygens (including phenoxy) is 2. The lowest BCUT2D eigenvalue weighted by Gasteiger charge is -2.31. The number of rotatable bonds is 4. The van der Waals surface area contributed by atoms with Gasteiger partial charge < -0.3 is 14.4 Å². The van der Waals surface area contributed by atoms with Crippen molar-refractivity contribution in [3.05, 3.63) is 22.8 Å². The van der Waals surface area contributed by atoms with E-state index in [9.17, 15) is 4.79 Å². The minimum Gasteiger partial charge on any atom is -0.469 e. The van der Waals surface area contributed by atoms with Crippen molar-refractivity contribution in [2.24, 2.45) is 11.3 Å². The van der Waals surface area contributed by atoms with Crippen LogP contribution in [0.2, 0.25) is 0 Å². The summed E-state index contributed by atoms with van der Waals surface area (Å²) in [6.45, 7) is 1.33. The quantitative estimate of drug-likeness (QED) is 0.618. The Morgan fingerprint density at radius 2 is 2.35 bits per heavy atom. The maximum atomic E-state index is 12.2. The number of halogens is 1. The second kappa shape index (κ2) is 5.00. The average molecular weight is 341 g/mol. The molecule has 1 saturated carbocycles. The van der Waals surface area contributed by atoms with E-state index in [1.165, 1.54) is 7.11 Å². The molecule has 1 aromatic heterocycles. The van der Waals surface area contributed by atoms with Crippen molar-refractivity contribution >= 4 is 27.7 Å². The highest BCUT2D eigenvalue weighted by molar-refractivity contribution is 9.10. The molecule has 108 valence electrons. The first kappa shape index (κ1) is 13.8. The van der Waals surface area contributed by atoms with Gasteiger partial charge in [-0.15, -0.1) is 0 Å². The number of aromatic nitrogens is 1. The summed E-state index contributed by atoms with van der Waals surface area (Å²) in [5.41, 5.74) is -0.408. The Hall–Kier alpha value is -1.14. The largest absolute Gasteiger partial charge is 0.469 e. The Kier molecular flexibility index (Phi) is 3.46. The Labute approximate surface area is 126 Å². The highest BCUT2D eigenvalue weighted by Gasteiger charge is 2.71. The lowest BCUT2D eigenvalue weighted by molar-refractivity contribution is -0.148. The van der Waals surface area contributed by atoms with Crippen LogP contribution in [0.4, 0.5) is 5.82 Å². The Balaban J connectivity index is 1.92. The van der Waals surface area contributed by atoms with Crippen LogP contribution in [-0.4, -0.2) is 44.4 Å². The number of nitrogens with zero attached hydrogens (tertiary/aromatic N) is 2. The molecule has 2 aliphatic rings. The molecular weight excluding hydrogens is 324 g/mol. The van der Waals surface area contributed by atoms with Gasteiger partial charge in [-0.2, -0.15) is 0 Å². The van der Waals surface area contributed by atoms with Crippen LogP contribution >= 0.6 is 15.9 Å². The van der Waals surface area contributed by atoms with Gasteiger partial charge in [0.05, 0.1) is 25.2 Å². The van der Waals surface area contributed by atoms with Gasteiger partial charge in [0.15, 0.2) is 0 Å². The topological polar surface area (TPSA) is 51.7 Å². The predicted octanol–water partition coefficient (Wildman–Crippen LogP) is 1.86. The van der Waals surface area contributed by atoms with Crippen molar-refractivity contribution in [1.82, 2.24) is 4.98 Å². The van der Waals surface area contributed by atoms with Crippen molar-refractivity contribution in [3.63, 3.8) is 0 Å². The third kappa shape index (κ3) is 1.93. The molecule has 0 bridgehead atoms. The second-order valence-corrected chi connectivity index (χ2v) is 6.19. The smallest absolute Gasteiger partial charge is 0.314 e. The van der Waals surface area contributed by atoms with Crippen LogP contribution in [0, 0.1) is 11.3 Å². The molecule has 3 rings (SSSR count). The molecule has 20 heavy (non-hydrogen) atoms. The van der Waals surface area contributed by atoms with Gasteiger partial charge in [-0.3, -0.25) is 4.79 Å². The number of carbonyl (C=O) groups is 1. The van der Waals surface area contributed by atoms with E-state index in [1.54, 1.807) is 7.11 Å². The van der Waals surface area contributed by atoms with E-state index in [2.05, 4.69) is 25.8 Å². The summed E-state index contributed by atoms with van der Waals surface area (Å²) < 4.78 is 11.1. The number of piperidine rings is 1. The molecule has 5 nitrogen and oxygen atoms in total. The zero-order valence-electron chi connectivity index (χ0n) is 11.5. The lowest BCUT2D eigenvalue weighted by atomic mass is 9.96. The first-order valence-corrected chi connectivity index (χ1v) is 7.39. The first-order chi connectivity index (χ1) is 9.63. The van der Waals surface area contributed by atoms with Crippen molar-refractivity contribution in [2.75, 3.05) is 32.3 Å². The maximum Gasteiger partial charge on any atom is 0.314 e. The van der Waals surface area contributed by atoms with Crippen molar-refractivity contribution < 1.29 is 14.3 Å². The molecule has 3 atom stereocenters. The molecule has 1 aromatic rings. The van der Waals surface area contributed by atoms with Crippen LogP contribution in [0.3, 0.4) is 0 Å².